The first-order chi connectivity index (χ1) is 9.72. The van der Waals surface area contributed by atoms with Gasteiger partial charge in [-0.15, -0.1) is 12.4 Å². The molecule has 0 aliphatic carbocycles. The van der Waals surface area contributed by atoms with Crippen molar-refractivity contribution >= 4 is 29.7 Å². The van der Waals surface area contributed by atoms with Crippen LogP contribution in [0.1, 0.15) is 40.2 Å². The van der Waals surface area contributed by atoms with Crippen LogP contribution in [0, 0.1) is 5.92 Å². The molecular formula is C14H24Cl2N4O2. The van der Waals surface area contributed by atoms with Gasteiger partial charge in [0, 0.05) is 6.04 Å². The van der Waals surface area contributed by atoms with Crippen LogP contribution in [0.5, 0.6) is 0 Å². The second-order valence-electron chi connectivity index (χ2n) is 5.61. The van der Waals surface area contributed by atoms with Crippen LogP contribution in [-0.2, 0) is 11.4 Å². The van der Waals surface area contributed by atoms with Gasteiger partial charge in [0.05, 0.1) is 17.8 Å². The van der Waals surface area contributed by atoms with Crippen molar-refractivity contribution in [1.29, 1.82) is 0 Å². The minimum absolute atomic E-state index is 0. The highest BCUT2D eigenvalue weighted by atomic mass is 35.5. The van der Waals surface area contributed by atoms with Crippen molar-refractivity contribution in [3.8, 4) is 0 Å². The lowest BCUT2D eigenvalue weighted by Gasteiger charge is -2.16. The van der Waals surface area contributed by atoms with Gasteiger partial charge >= 0.3 is 0 Å². The lowest BCUT2D eigenvalue weighted by atomic mass is 10.1. The van der Waals surface area contributed by atoms with E-state index < -0.39 is 0 Å². The number of halogens is 2. The van der Waals surface area contributed by atoms with Crippen molar-refractivity contribution in [2.24, 2.45) is 16.8 Å². The maximum absolute atomic E-state index is 12.4. The molecule has 6 nitrogen and oxygen atoms in total. The fraction of sp³-hybridized carbons (Fsp3) is 0.643. The van der Waals surface area contributed by atoms with E-state index in [1.54, 1.807) is 6.92 Å². The lowest BCUT2D eigenvalue weighted by molar-refractivity contribution is 0.0860. The minimum atomic E-state index is -0.274. The number of aromatic nitrogens is 2. The Balaban J connectivity index is 0.00000441. The van der Waals surface area contributed by atoms with E-state index in [-0.39, 0.29) is 41.2 Å². The lowest BCUT2D eigenvalue weighted by Crippen LogP contribution is -2.38. The van der Waals surface area contributed by atoms with Crippen LogP contribution in [0.2, 0.25) is 5.15 Å². The van der Waals surface area contributed by atoms with E-state index in [2.05, 4.69) is 10.3 Å². The van der Waals surface area contributed by atoms with Gasteiger partial charge in [0.1, 0.15) is 6.10 Å². The highest BCUT2D eigenvalue weighted by molar-refractivity contribution is 6.29. The standard InChI is InChI=1S/C14H23ClN4O2.ClH/c1-8(2)12(16)7-19-14(20)11(6-13(15)17-19)10(5)18-21-9(3)4;/h6,8-9,12H,7,16H2,1-5H3;1H/b18-10+;/t12-;/m1./s1. The molecule has 0 amide bonds. The summed E-state index contributed by atoms with van der Waals surface area (Å²) in [5, 5.41) is 8.19. The van der Waals surface area contributed by atoms with Crippen molar-refractivity contribution in [2.75, 3.05) is 0 Å². The molecule has 8 heteroatoms. The number of nitrogens with zero attached hydrogens (tertiary/aromatic N) is 3. The summed E-state index contributed by atoms with van der Waals surface area (Å²) < 4.78 is 1.29. The molecule has 1 atom stereocenters. The van der Waals surface area contributed by atoms with Crippen LogP contribution in [0.3, 0.4) is 0 Å². The van der Waals surface area contributed by atoms with Crippen molar-refractivity contribution in [3.05, 3.63) is 27.1 Å². The van der Waals surface area contributed by atoms with Gasteiger partial charge in [0.25, 0.3) is 5.56 Å². The molecule has 126 valence electrons. The zero-order chi connectivity index (χ0) is 16.2. The van der Waals surface area contributed by atoms with Crippen LogP contribution >= 0.6 is 24.0 Å². The van der Waals surface area contributed by atoms with Crippen molar-refractivity contribution < 1.29 is 4.84 Å². The molecule has 0 fully saturated rings. The van der Waals surface area contributed by atoms with E-state index in [0.717, 1.165) is 0 Å². The first-order valence-electron chi connectivity index (χ1n) is 6.96. The first-order valence-corrected chi connectivity index (χ1v) is 7.34. The molecule has 0 aromatic carbocycles. The highest BCUT2D eigenvalue weighted by Gasteiger charge is 2.15. The van der Waals surface area contributed by atoms with Crippen LogP contribution in [0.25, 0.3) is 0 Å². The van der Waals surface area contributed by atoms with Gasteiger partial charge in [-0.1, -0.05) is 30.6 Å². The molecule has 2 N–H and O–H groups in total. The largest absolute Gasteiger partial charge is 0.393 e. The topological polar surface area (TPSA) is 82.5 Å². The summed E-state index contributed by atoms with van der Waals surface area (Å²) in [6.07, 6.45) is -0.0613. The maximum Gasteiger partial charge on any atom is 0.276 e. The predicted molar refractivity (Wildman–Crippen MR) is 92.0 cm³/mol. The van der Waals surface area contributed by atoms with E-state index in [4.69, 9.17) is 22.2 Å². The van der Waals surface area contributed by atoms with Crippen LogP contribution in [-0.4, -0.2) is 27.6 Å². The monoisotopic (exact) mass is 350 g/mol. The Morgan fingerprint density at radius 3 is 2.55 bits per heavy atom. The van der Waals surface area contributed by atoms with Gasteiger partial charge in [0.2, 0.25) is 0 Å². The second-order valence-corrected chi connectivity index (χ2v) is 5.99. The Labute approximate surface area is 142 Å². The van der Waals surface area contributed by atoms with Crippen molar-refractivity contribution in [3.63, 3.8) is 0 Å². The molecule has 0 radical (unpaired) electrons. The molecule has 0 aliphatic rings. The number of hydrogen-bond acceptors (Lipinski definition) is 5. The fourth-order valence-electron chi connectivity index (χ4n) is 1.54. The second kappa shape index (κ2) is 9.12. The number of nitrogens with two attached hydrogens (primary N) is 1. The van der Waals surface area contributed by atoms with Crippen molar-refractivity contribution in [1.82, 2.24) is 9.78 Å². The number of oxime groups is 1. The number of rotatable bonds is 6. The summed E-state index contributed by atoms with van der Waals surface area (Å²) in [5.74, 6) is 0.236. The third kappa shape index (κ3) is 5.94. The van der Waals surface area contributed by atoms with E-state index in [1.807, 2.05) is 27.7 Å². The summed E-state index contributed by atoms with van der Waals surface area (Å²) in [7, 11) is 0. The van der Waals surface area contributed by atoms with Gasteiger partial charge < -0.3 is 10.6 Å². The number of hydrogen-bond donors (Lipinski definition) is 1. The van der Waals surface area contributed by atoms with E-state index in [1.165, 1.54) is 10.7 Å². The normalized spacial score (nSPS) is 13.2. The average Bonchev–Trinajstić information content (AvgIpc) is 2.39. The first kappa shape index (κ1) is 20.9. The molecule has 0 saturated heterocycles. The third-order valence-electron chi connectivity index (χ3n) is 2.97. The Hall–Kier alpha value is -1.11. The zero-order valence-electron chi connectivity index (χ0n) is 13.5. The Kier molecular flexibility index (Phi) is 8.66. The molecule has 1 rings (SSSR count). The van der Waals surface area contributed by atoms with Gasteiger partial charge in [-0.25, -0.2) is 4.68 Å². The SMILES string of the molecule is C/C(=N\OC(C)C)c1cc(Cl)nn(C[C@@H](N)C(C)C)c1=O.Cl. The van der Waals surface area contributed by atoms with Gasteiger partial charge in [-0.05, 0) is 32.8 Å². The summed E-state index contributed by atoms with van der Waals surface area (Å²) in [5.41, 5.74) is 6.55. The highest BCUT2D eigenvalue weighted by Crippen LogP contribution is 2.07. The van der Waals surface area contributed by atoms with E-state index >= 15 is 0 Å². The molecule has 1 aromatic rings. The summed E-state index contributed by atoms with van der Waals surface area (Å²) in [6, 6.07) is 1.31. The molecule has 0 saturated carbocycles. The fourth-order valence-corrected chi connectivity index (χ4v) is 1.74. The molecule has 1 aromatic heterocycles. The quantitative estimate of drug-likeness (QED) is 0.630. The summed E-state index contributed by atoms with van der Waals surface area (Å²) in [6.45, 7) is 9.70. The maximum atomic E-state index is 12.4. The molecule has 0 spiro atoms. The predicted octanol–water partition coefficient (Wildman–Crippen LogP) is 2.45. The zero-order valence-corrected chi connectivity index (χ0v) is 15.1. The van der Waals surface area contributed by atoms with Crippen LogP contribution < -0.4 is 11.3 Å². The van der Waals surface area contributed by atoms with E-state index in [9.17, 15) is 4.79 Å². The van der Waals surface area contributed by atoms with E-state index in [0.29, 0.717) is 17.8 Å². The van der Waals surface area contributed by atoms with Gasteiger partial charge in [-0.2, -0.15) is 5.10 Å². The molecule has 22 heavy (non-hydrogen) atoms. The Morgan fingerprint density at radius 2 is 2.05 bits per heavy atom. The van der Waals surface area contributed by atoms with Crippen LogP contribution in [0.15, 0.2) is 16.0 Å². The molecule has 0 unspecified atom stereocenters. The molecule has 1 heterocycles. The van der Waals surface area contributed by atoms with Crippen LogP contribution in [0.4, 0.5) is 0 Å². The van der Waals surface area contributed by atoms with Crippen molar-refractivity contribution in [2.45, 2.75) is 53.3 Å². The molecule has 0 aliphatic heterocycles. The summed E-state index contributed by atoms with van der Waals surface area (Å²) in [4.78, 5) is 17.6. The Morgan fingerprint density at radius 1 is 1.45 bits per heavy atom. The third-order valence-corrected chi connectivity index (χ3v) is 3.16. The minimum Gasteiger partial charge on any atom is -0.393 e. The summed E-state index contributed by atoms with van der Waals surface area (Å²) >= 11 is 5.98. The Bertz CT molecular complexity index is 570. The van der Waals surface area contributed by atoms with Gasteiger partial charge in [0.15, 0.2) is 5.15 Å². The molecular weight excluding hydrogens is 327 g/mol. The molecule has 0 bridgehead atoms. The smallest absolute Gasteiger partial charge is 0.276 e. The van der Waals surface area contributed by atoms with Gasteiger partial charge in [-0.3, -0.25) is 4.79 Å². The average molecular weight is 351 g/mol.